The first kappa shape index (κ1) is 18.4. The molecule has 1 amide bonds. The molecule has 7 nitrogen and oxygen atoms in total. The maximum Gasteiger partial charge on any atom is 0.250 e. The van der Waals surface area contributed by atoms with Crippen LogP contribution in [0.25, 0.3) is 0 Å². The van der Waals surface area contributed by atoms with Gasteiger partial charge in [-0.3, -0.25) is 4.79 Å². The molecule has 0 aromatic carbocycles. The lowest BCUT2D eigenvalue weighted by Crippen LogP contribution is -2.34. The van der Waals surface area contributed by atoms with E-state index in [0.717, 1.165) is 18.6 Å². The van der Waals surface area contributed by atoms with Crippen LogP contribution in [0.5, 0.6) is 0 Å². The van der Waals surface area contributed by atoms with Crippen LogP contribution >= 0.6 is 11.8 Å². The Bertz CT molecular complexity index is 704. The molecule has 8 heteroatoms. The van der Waals surface area contributed by atoms with E-state index in [1.165, 1.54) is 18.2 Å². The first-order chi connectivity index (χ1) is 11.6. The summed E-state index contributed by atoms with van der Waals surface area (Å²) < 4.78 is 1.73. The fourth-order valence-corrected chi connectivity index (χ4v) is 4.93. The number of hydrogen-bond acceptors (Lipinski definition) is 6. The summed E-state index contributed by atoms with van der Waals surface area (Å²) in [6.45, 7) is 13.0. The molecule has 1 aromatic rings. The molecule has 2 bridgehead atoms. The molecule has 2 aliphatic rings. The van der Waals surface area contributed by atoms with E-state index in [0.29, 0.717) is 11.1 Å². The van der Waals surface area contributed by atoms with Crippen LogP contribution in [-0.2, 0) is 10.3 Å². The summed E-state index contributed by atoms with van der Waals surface area (Å²) in [4.78, 5) is 12.2. The van der Waals surface area contributed by atoms with E-state index in [-0.39, 0.29) is 28.0 Å². The van der Waals surface area contributed by atoms with Crippen molar-refractivity contribution in [2.45, 2.75) is 71.5 Å². The number of nitrogens with one attached hydrogen (secondary N) is 1. The van der Waals surface area contributed by atoms with Gasteiger partial charge in [-0.1, -0.05) is 32.5 Å². The lowest BCUT2D eigenvalue weighted by atomic mass is 9.70. The molecule has 0 aliphatic heterocycles. The van der Waals surface area contributed by atoms with Gasteiger partial charge in [0, 0.05) is 11.1 Å². The molecule has 25 heavy (non-hydrogen) atoms. The van der Waals surface area contributed by atoms with Crippen molar-refractivity contribution in [2.24, 2.45) is 21.8 Å². The van der Waals surface area contributed by atoms with Gasteiger partial charge in [0.15, 0.2) is 0 Å². The van der Waals surface area contributed by atoms with Gasteiger partial charge >= 0.3 is 0 Å². The van der Waals surface area contributed by atoms with E-state index in [1.54, 1.807) is 4.68 Å². The highest BCUT2D eigenvalue weighted by molar-refractivity contribution is 7.99. The standard InChI is InChI=1S/C17H28N6OS/c1-15(2,3)23-14(20-21-22-23)25-10-13(24)19-18-12-9-11-7-8-17(12,6)16(11,4)5/h11H,7-10H2,1-6H3,(H,19,24)/b18-12+. The van der Waals surface area contributed by atoms with Crippen LogP contribution < -0.4 is 5.43 Å². The molecule has 3 rings (SSSR count). The Kier molecular flexibility index (Phi) is 4.46. The molecule has 2 fully saturated rings. The molecule has 1 aromatic heterocycles. The van der Waals surface area contributed by atoms with Gasteiger partial charge < -0.3 is 0 Å². The van der Waals surface area contributed by atoms with Crippen molar-refractivity contribution < 1.29 is 4.79 Å². The maximum absolute atomic E-state index is 12.2. The summed E-state index contributed by atoms with van der Waals surface area (Å²) in [5, 5.41) is 16.8. The van der Waals surface area contributed by atoms with Crippen LogP contribution in [0.4, 0.5) is 0 Å². The number of carbonyl (C=O) groups excluding carboxylic acids is 1. The number of amides is 1. The molecular formula is C17H28N6OS. The largest absolute Gasteiger partial charge is 0.272 e. The smallest absolute Gasteiger partial charge is 0.250 e. The summed E-state index contributed by atoms with van der Waals surface area (Å²) in [5.41, 5.74) is 4.04. The minimum absolute atomic E-state index is 0.106. The fraction of sp³-hybridized carbons (Fsp3) is 0.824. The topological polar surface area (TPSA) is 85.1 Å². The molecule has 1 heterocycles. The lowest BCUT2D eigenvalue weighted by molar-refractivity contribution is -0.118. The molecule has 2 atom stereocenters. The van der Waals surface area contributed by atoms with Crippen molar-refractivity contribution in [3.05, 3.63) is 0 Å². The summed E-state index contributed by atoms with van der Waals surface area (Å²) in [5.74, 6) is 0.806. The third-order valence-electron chi connectivity index (χ3n) is 6.24. The third-order valence-corrected chi connectivity index (χ3v) is 7.16. The number of aromatic nitrogens is 4. The molecule has 2 unspecified atom stereocenters. The molecule has 0 spiro atoms. The Morgan fingerprint density at radius 3 is 2.68 bits per heavy atom. The Morgan fingerprint density at radius 2 is 2.12 bits per heavy atom. The van der Waals surface area contributed by atoms with Crippen LogP contribution in [0, 0.1) is 16.7 Å². The number of nitrogens with zero attached hydrogens (tertiary/aromatic N) is 5. The average molecular weight is 365 g/mol. The lowest BCUT2D eigenvalue weighted by Gasteiger charge is -2.34. The quantitative estimate of drug-likeness (QED) is 0.656. The van der Waals surface area contributed by atoms with Crippen molar-refractivity contribution >= 4 is 23.4 Å². The van der Waals surface area contributed by atoms with Crippen LogP contribution in [0.1, 0.15) is 60.8 Å². The van der Waals surface area contributed by atoms with E-state index in [4.69, 9.17) is 0 Å². The van der Waals surface area contributed by atoms with Gasteiger partial charge in [-0.05, 0) is 61.8 Å². The average Bonchev–Trinajstić information content (AvgIpc) is 3.12. The summed E-state index contributed by atoms with van der Waals surface area (Å²) in [7, 11) is 0. The second kappa shape index (κ2) is 6.07. The van der Waals surface area contributed by atoms with Gasteiger partial charge in [0.25, 0.3) is 5.91 Å². The van der Waals surface area contributed by atoms with Crippen molar-refractivity contribution in [2.75, 3.05) is 5.75 Å². The van der Waals surface area contributed by atoms with Gasteiger partial charge in [-0.25, -0.2) is 10.1 Å². The van der Waals surface area contributed by atoms with Crippen LogP contribution in [0.2, 0.25) is 0 Å². The van der Waals surface area contributed by atoms with Gasteiger partial charge in [0.2, 0.25) is 5.16 Å². The number of hydrazone groups is 1. The summed E-state index contributed by atoms with van der Waals surface area (Å²) in [6, 6.07) is 0. The number of carbonyl (C=O) groups is 1. The van der Waals surface area contributed by atoms with Gasteiger partial charge in [0.1, 0.15) is 0 Å². The van der Waals surface area contributed by atoms with E-state index in [2.05, 4.69) is 46.8 Å². The molecule has 2 aliphatic carbocycles. The van der Waals surface area contributed by atoms with Gasteiger partial charge in [-0.2, -0.15) is 5.10 Å². The number of hydrogen-bond donors (Lipinski definition) is 1. The molecule has 138 valence electrons. The van der Waals surface area contributed by atoms with Crippen LogP contribution in [-0.4, -0.2) is 37.6 Å². The predicted octanol–water partition coefficient (Wildman–Crippen LogP) is 2.84. The second-order valence-electron chi connectivity index (χ2n) is 8.92. The highest BCUT2D eigenvalue weighted by Crippen LogP contribution is 2.63. The molecule has 0 saturated heterocycles. The SMILES string of the molecule is CC(C)(C)n1nnnc1SCC(=O)N/N=C1\CC2CCC1(C)C2(C)C. The minimum Gasteiger partial charge on any atom is -0.272 e. The van der Waals surface area contributed by atoms with Crippen molar-refractivity contribution in [3.8, 4) is 0 Å². The number of rotatable bonds is 4. The van der Waals surface area contributed by atoms with Crippen molar-refractivity contribution in [1.29, 1.82) is 0 Å². The monoisotopic (exact) mass is 364 g/mol. The molecule has 1 N–H and O–H groups in total. The number of tetrazole rings is 1. The number of fused-ring (bicyclic) bond motifs is 2. The fourth-order valence-electron chi connectivity index (χ4n) is 4.08. The van der Waals surface area contributed by atoms with Crippen LogP contribution in [0.15, 0.2) is 10.3 Å². The normalized spacial score (nSPS) is 29.4. The van der Waals surface area contributed by atoms with Crippen molar-refractivity contribution in [3.63, 3.8) is 0 Å². The van der Waals surface area contributed by atoms with Crippen LogP contribution in [0.3, 0.4) is 0 Å². The maximum atomic E-state index is 12.2. The number of thioether (sulfide) groups is 1. The highest BCUT2D eigenvalue weighted by Gasteiger charge is 2.60. The zero-order chi connectivity index (χ0) is 18.5. The molecule has 0 radical (unpaired) electrons. The predicted molar refractivity (Wildman–Crippen MR) is 98.3 cm³/mol. The summed E-state index contributed by atoms with van der Waals surface area (Å²) in [6.07, 6.45) is 3.43. The first-order valence-corrected chi connectivity index (χ1v) is 9.82. The zero-order valence-electron chi connectivity index (χ0n) is 16.0. The Hall–Kier alpha value is -1.44. The van der Waals surface area contributed by atoms with Gasteiger partial charge in [0.05, 0.1) is 11.3 Å². The van der Waals surface area contributed by atoms with E-state index in [1.807, 2.05) is 20.8 Å². The second-order valence-corrected chi connectivity index (χ2v) is 9.86. The highest BCUT2D eigenvalue weighted by atomic mass is 32.2. The first-order valence-electron chi connectivity index (χ1n) is 8.83. The van der Waals surface area contributed by atoms with Gasteiger partial charge in [-0.15, -0.1) is 5.10 Å². The summed E-state index contributed by atoms with van der Waals surface area (Å²) >= 11 is 1.33. The zero-order valence-corrected chi connectivity index (χ0v) is 16.8. The minimum atomic E-state index is -0.216. The Balaban J connectivity index is 1.59. The molecule has 2 saturated carbocycles. The molecular weight excluding hydrogens is 336 g/mol. The van der Waals surface area contributed by atoms with E-state index >= 15 is 0 Å². The Morgan fingerprint density at radius 1 is 1.40 bits per heavy atom. The van der Waals surface area contributed by atoms with Crippen molar-refractivity contribution in [1.82, 2.24) is 25.6 Å². The van der Waals surface area contributed by atoms with E-state index < -0.39 is 0 Å². The third kappa shape index (κ3) is 3.09. The Labute approximate surface area is 153 Å². The van der Waals surface area contributed by atoms with E-state index in [9.17, 15) is 4.79 Å².